The normalized spacial score (nSPS) is 11.1. The van der Waals surface area contributed by atoms with Crippen molar-refractivity contribution in [1.29, 1.82) is 0 Å². The third-order valence-electron chi connectivity index (χ3n) is 2.97. The number of phenolic OH excluding ortho intramolecular Hbond substituents is 1. The molecular weight excluding hydrogens is 212 g/mol. The van der Waals surface area contributed by atoms with E-state index in [1.54, 1.807) is 12.1 Å². The second kappa shape index (κ2) is 3.28. The van der Waals surface area contributed by atoms with Crippen molar-refractivity contribution >= 4 is 32.9 Å². The maximum absolute atomic E-state index is 9.59. The molecule has 0 radical (unpaired) electrons. The summed E-state index contributed by atoms with van der Waals surface area (Å²) in [5.41, 5.74) is 12.6. The van der Waals surface area contributed by atoms with Crippen molar-refractivity contribution in [3.63, 3.8) is 0 Å². The van der Waals surface area contributed by atoms with E-state index in [0.29, 0.717) is 5.69 Å². The second-order valence-electron chi connectivity index (χ2n) is 4.22. The van der Waals surface area contributed by atoms with Gasteiger partial charge in [-0.05, 0) is 57.9 Å². The van der Waals surface area contributed by atoms with Gasteiger partial charge in [-0.3, -0.25) is 0 Å². The van der Waals surface area contributed by atoms with Gasteiger partial charge in [-0.25, -0.2) is 0 Å². The first kappa shape index (κ1) is 9.78. The average molecular weight is 224 g/mol. The number of nitrogen functional groups attached to an aromatic ring is 2. The molecule has 0 atom stereocenters. The second-order valence-corrected chi connectivity index (χ2v) is 4.22. The van der Waals surface area contributed by atoms with Gasteiger partial charge in [0.2, 0.25) is 0 Å². The van der Waals surface area contributed by atoms with Crippen LogP contribution in [-0.4, -0.2) is 5.11 Å². The molecule has 0 saturated carbocycles. The Balaban J connectivity index is 2.43. The van der Waals surface area contributed by atoms with E-state index < -0.39 is 0 Å². The minimum atomic E-state index is 0.112. The highest BCUT2D eigenvalue weighted by Gasteiger charge is 2.03. The van der Waals surface area contributed by atoms with Gasteiger partial charge in [0.05, 0.1) is 5.69 Å². The first-order valence-corrected chi connectivity index (χ1v) is 5.35. The molecule has 0 aliphatic rings. The van der Waals surface area contributed by atoms with E-state index in [0.717, 1.165) is 27.2 Å². The minimum Gasteiger partial charge on any atom is -0.506 e. The van der Waals surface area contributed by atoms with Crippen molar-refractivity contribution in [2.45, 2.75) is 0 Å². The maximum atomic E-state index is 9.59. The summed E-state index contributed by atoms with van der Waals surface area (Å²) in [5.74, 6) is 0.112. The van der Waals surface area contributed by atoms with Crippen molar-refractivity contribution in [2.75, 3.05) is 11.5 Å². The monoisotopic (exact) mass is 224 g/mol. The first-order chi connectivity index (χ1) is 8.13. The number of rotatable bonds is 0. The summed E-state index contributed by atoms with van der Waals surface area (Å²) in [6.07, 6.45) is 0. The molecule has 0 aliphatic carbocycles. The zero-order chi connectivity index (χ0) is 12.0. The van der Waals surface area contributed by atoms with Gasteiger partial charge in [0.25, 0.3) is 0 Å². The molecule has 3 heteroatoms. The lowest BCUT2D eigenvalue weighted by molar-refractivity contribution is 0.479. The molecule has 0 aliphatic heterocycles. The summed E-state index contributed by atoms with van der Waals surface area (Å²) in [4.78, 5) is 0. The molecule has 17 heavy (non-hydrogen) atoms. The predicted octanol–water partition coefficient (Wildman–Crippen LogP) is 2.86. The number of hydrogen-bond acceptors (Lipinski definition) is 3. The van der Waals surface area contributed by atoms with E-state index in [1.165, 1.54) is 0 Å². The van der Waals surface area contributed by atoms with Crippen molar-refractivity contribution in [3.05, 3.63) is 42.5 Å². The smallest absolute Gasteiger partial charge is 0.139 e. The molecule has 5 N–H and O–H groups in total. The zero-order valence-electron chi connectivity index (χ0n) is 9.14. The molecule has 3 aromatic rings. The highest BCUT2D eigenvalue weighted by molar-refractivity contribution is 6.01. The number of nitrogens with two attached hydrogens (primary N) is 2. The van der Waals surface area contributed by atoms with Gasteiger partial charge in [0.1, 0.15) is 5.75 Å². The van der Waals surface area contributed by atoms with Crippen LogP contribution < -0.4 is 11.5 Å². The highest BCUT2D eigenvalue weighted by Crippen LogP contribution is 2.30. The number of fused-ring (bicyclic) bond motifs is 2. The minimum absolute atomic E-state index is 0.112. The van der Waals surface area contributed by atoms with Gasteiger partial charge in [-0.2, -0.15) is 0 Å². The molecule has 84 valence electrons. The van der Waals surface area contributed by atoms with Crippen molar-refractivity contribution in [2.24, 2.45) is 0 Å². The Morgan fingerprint density at radius 1 is 0.706 bits per heavy atom. The van der Waals surface area contributed by atoms with Crippen LogP contribution in [0.25, 0.3) is 21.5 Å². The predicted molar refractivity (Wildman–Crippen MR) is 71.9 cm³/mol. The lowest BCUT2D eigenvalue weighted by Crippen LogP contribution is -1.87. The zero-order valence-corrected chi connectivity index (χ0v) is 9.14. The molecule has 0 heterocycles. The molecule has 0 amide bonds. The van der Waals surface area contributed by atoms with Crippen molar-refractivity contribution in [3.8, 4) is 5.75 Å². The number of anilines is 2. The van der Waals surface area contributed by atoms with Gasteiger partial charge < -0.3 is 16.6 Å². The van der Waals surface area contributed by atoms with E-state index in [2.05, 4.69) is 0 Å². The van der Waals surface area contributed by atoms with Crippen LogP contribution in [0.4, 0.5) is 11.4 Å². The topological polar surface area (TPSA) is 72.3 Å². The maximum Gasteiger partial charge on any atom is 0.139 e. The Morgan fingerprint density at radius 3 is 2.18 bits per heavy atom. The van der Waals surface area contributed by atoms with Crippen LogP contribution in [0.15, 0.2) is 42.5 Å². The van der Waals surface area contributed by atoms with Crippen LogP contribution >= 0.6 is 0 Å². The molecule has 0 bridgehead atoms. The molecule has 0 fully saturated rings. The van der Waals surface area contributed by atoms with Crippen LogP contribution in [0.2, 0.25) is 0 Å². The molecule has 0 unspecified atom stereocenters. The molecule has 3 rings (SSSR count). The Morgan fingerprint density at radius 2 is 1.35 bits per heavy atom. The molecule has 0 saturated heterocycles. The number of hydrogen-bond donors (Lipinski definition) is 3. The van der Waals surface area contributed by atoms with E-state index in [-0.39, 0.29) is 5.75 Å². The van der Waals surface area contributed by atoms with E-state index in [4.69, 9.17) is 11.5 Å². The molecule has 3 aromatic carbocycles. The summed E-state index contributed by atoms with van der Waals surface area (Å²) < 4.78 is 0. The van der Waals surface area contributed by atoms with Gasteiger partial charge in [0.15, 0.2) is 0 Å². The van der Waals surface area contributed by atoms with Gasteiger partial charge in [0, 0.05) is 5.69 Å². The van der Waals surface area contributed by atoms with Crippen molar-refractivity contribution < 1.29 is 5.11 Å². The summed E-state index contributed by atoms with van der Waals surface area (Å²) in [6.45, 7) is 0. The Hall–Kier alpha value is -2.42. The van der Waals surface area contributed by atoms with Gasteiger partial charge >= 0.3 is 0 Å². The molecule has 0 spiro atoms. The van der Waals surface area contributed by atoms with Crippen LogP contribution in [0.5, 0.6) is 5.75 Å². The quantitative estimate of drug-likeness (QED) is 0.312. The van der Waals surface area contributed by atoms with E-state index in [1.807, 2.05) is 30.3 Å². The van der Waals surface area contributed by atoms with E-state index >= 15 is 0 Å². The van der Waals surface area contributed by atoms with Crippen LogP contribution in [0, 0.1) is 0 Å². The fourth-order valence-electron chi connectivity index (χ4n) is 2.07. The summed E-state index contributed by atoms with van der Waals surface area (Å²) in [5, 5.41) is 13.7. The summed E-state index contributed by atoms with van der Waals surface area (Å²) >= 11 is 0. The van der Waals surface area contributed by atoms with Crippen LogP contribution in [-0.2, 0) is 0 Å². The third-order valence-corrected chi connectivity index (χ3v) is 2.97. The van der Waals surface area contributed by atoms with Gasteiger partial charge in [-0.1, -0.05) is 6.07 Å². The summed E-state index contributed by atoms with van der Waals surface area (Å²) in [6, 6.07) is 13.3. The van der Waals surface area contributed by atoms with E-state index in [9.17, 15) is 5.11 Å². The Bertz CT molecular complexity index is 735. The summed E-state index contributed by atoms with van der Waals surface area (Å²) in [7, 11) is 0. The SMILES string of the molecule is Nc1ccc2cc3cc(N)c(O)cc3cc2c1. The lowest BCUT2D eigenvalue weighted by Gasteiger charge is -2.06. The van der Waals surface area contributed by atoms with Gasteiger partial charge in [-0.15, -0.1) is 0 Å². The largest absolute Gasteiger partial charge is 0.506 e. The Kier molecular flexibility index (Phi) is 1.89. The number of aromatic hydroxyl groups is 1. The fraction of sp³-hybridized carbons (Fsp3) is 0. The number of phenols is 1. The van der Waals surface area contributed by atoms with Crippen molar-refractivity contribution in [1.82, 2.24) is 0 Å². The average Bonchev–Trinajstić information content (AvgIpc) is 2.28. The lowest BCUT2D eigenvalue weighted by atomic mass is 10.0. The molecule has 0 aromatic heterocycles. The fourth-order valence-corrected chi connectivity index (χ4v) is 2.07. The van der Waals surface area contributed by atoms with Crippen LogP contribution in [0.3, 0.4) is 0 Å². The number of benzene rings is 3. The molecule has 3 nitrogen and oxygen atoms in total. The Labute approximate surface area is 98.3 Å². The highest BCUT2D eigenvalue weighted by atomic mass is 16.3. The first-order valence-electron chi connectivity index (χ1n) is 5.35. The third kappa shape index (κ3) is 1.52. The standard InChI is InChI=1S/C14H12N2O/c15-12-2-1-8-3-10-6-13(16)14(17)7-11(10)4-9(8)5-12/h1-7,17H,15-16H2. The van der Waals surface area contributed by atoms with Crippen LogP contribution in [0.1, 0.15) is 0 Å². The molecular formula is C14H12N2O.